The number of methoxy groups -OCH3 is 2. The average Bonchev–Trinajstić information content (AvgIpc) is 3.05. The fraction of sp³-hybridized carbons (Fsp3) is 0.227. The number of amides is 3. The molecule has 0 aliphatic carbocycles. The number of imide groups is 1. The van der Waals surface area contributed by atoms with Crippen molar-refractivity contribution in [1.82, 2.24) is 4.90 Å². The van der Waals surface area contributed by atoms with Crippen molar-refractivity contribution in [3.63, 3.8) is 0 Å². The van der Waals surface area contributed by atoms with Gasteiger partial charge in [0, 0.05) is 18.4 Å². The number of benzene rings is 2. The molecule has 0 spiro atoms. The normalized spacial score (nSPS) is 14.7. The van der Waals surface area contributed by atoms with E-state index in [1.807, 2.05) is 0 Å². The van der Waals surface area contributed by atoms with Crippen LogP contribution in [0.15, 0.2) is 47.4 Å². The lowest BCUT2D eigenvalue weighted by Gasteiger charge is -2.14. The number of halogens is 1. The van der Waals surface area contributed by atoms with E-state index < -0.39 is 17.6 Å². The molecule has 1 aliphatic heterocycles. The van der Waals surface area contributed by atoms with Gasteiger partial charge in [-0.2, -0.15) is 0 Å². The van der Waals surface area contributed by atoms with Crippen molar-refractivity contribution < 1.29 is 33.0 Å². The molecular formula is C22H21FN2O6S. The smallest absolute Gasteiger partial charge is 0.293 e. The highest BCUT2D eigenvalue weighted by Gasteiger charge is 2.35. The number of hydrogen-bond donors (Lipinski definition) is 1. The highest BCUT2D eigenvalue weighted by atomic mass is 32.2. The van der Waals surface area contributed by atoms with Gasteiger partial charge < -0.3 is 19.5 Å². The second-order valence-electron chi connectivity index (χ2n) is 6.55. The van der Waals surface area contributed by atoms with E-state index in [1.165, 1.54) is 44.6 Å². The summed E-state index contributed by atoms with van der Waals surface area (Å²) in [6.45, 7) is 0.0411. The topological polar surface area (TPSA) is 94.2 Å². The molecule has 1 N–H and O–H groups in total. The fourth-order valence-corrected chi connectivity index (χ4v) is 3.70. The number of para-hydroxylation sites is 1. The van der Waals surface area contributed by atoms with Gasteiger partial charge in [-0.05, 0) is 48.2 Å². The zero-order valence-electron chi connectivity index (χ0n) is 17.4. The van der Waals surface area contributed by atoms with Crippen LogP contribution in [0.4, 0.5) is 14.9 Å². The summed E-state index contributed by atoms with van der Waals surface area (Å²) in [4.78, 5) is 38.3. The van der Waals surface area contributed by atoms with Gasteiger partial charge in [0.2, 0.25) is 0 Å². The van der Waals surface area contributed by atoms with Crippen LogP contribution >= 0.6 is 11.8 Å². The first-order valence-electron chi connectivity index (χ1n) is 9.52. The monoisotopic (exact) mass is 460 g/mol. The minimum absolute atomic E-state index is 0.156. The van der Waals surface area contributed by atoms with E-state index in [9.17, 15) is 18.8 Å². The lowest BCUT2D eigenvalue weighted by Crippen LogP contribution is -2.31. The molecule has 8 nitrogen and oxygen atoms in total. The number of rotatable bonds is 9. The number of thioether (sulfide) groups is 1. The van der Waals surface area contributed by atoms with Crippen molar-refractivity contribution >= 4 is 40.6 Å². The number of hydrogen-bond acceptors (Lipinski definition) is 7. The van der Waals surface area contributed by atoms with Gasteiger partial charge >= 0.3 is 0 Å². The van der Waals surface area contributed by atoms with Gasteiger partial charge in [0.15, 0.2) is 18.1 Å². The average molecular weight is 460 g/mol. The largest absolute Gasteiger partial charge is 0.493 e. The Bertz CT molecular complexity index is 1040. The predicted molar refractivity (Wildman–Crippen MR) is 118 cm³/mol. The third-order valence-electron chi connectivity index (χ3n) is 4.38. The number of carbonyl (C=O) groups excluding carboxylic acids is 3. The first kappa shape index (κ1) is 23.3. The summed E-state index contributed by atoms with van der Waals surface area (Å²) in [7, 11) is 2.93. The number of nitrogens with zero attached hydrogens (tertiary/aromatic N) is 1. The van der Waals surface area contributed by atoms with Crippen LogP contribution in [-0.4, -0.2) is 55.9 Å². The van der Waals surface area contributed by atoms with Crippen molar-refractivity contribution in [2.24, 2.45) is 0 Å². The van der Waals surface area contributed by atoms with E-state index in [-0.39, 0.29) is 35.7 Å². The summed E-state index contributed by atoms with van der Waals surface area (Å²) in [6.07, 6.45) is 1.52. The van der Waals surface area contributed by atoms with Crippen LogP contribution in [0.5, 0.6) is 11.5 Å². The minimum Gasteiger partial charge on any atom is -0.493 e. The van der Waals surface area contributed by atoms with E-state index in [4.69, 9.17) is 14.2 Å². The lowest BCUT2D eigenvalue weighted by atomic mass is 10.1. The zero-order valence-corrected chi connectivity index (χ0v) is 18.2. The number of nitrogens with one attached hydrogen (secondary N) is 1. The molecule has 32 heavy (non-hydrogen) atoms. The van der Waals surface area contributed by atoms with Crippen LogP contribution in [-0.2, 0) is 14.3 Å². The molecule has 1 saturated heterocycles. The highest BCUT2D eigenvalue weighted by molar-refractivity contribution is 8.18. The molecule has 10 heteroatoms. The Balaban J connectivity index is 1.76. The molecular weight excluding hydrogens is 439 g/mol. The Morgan fingerprint density at radius 2 is 1.91 bits per heavy atom. The molecule has 1 heterocycles. The molecule has 1 aliphatic rings. The summed E-state index contributed by atoms with van der Waals surface area (Å²) >= 11 is 0.813. The third-order valence-corrected chi connectivity index (χ3v) is 5.29. The first-order valence-corrected chi connectivity index (χ1v) is 10.3. The number of carbonyl (C=O) groups is 3. The lowest BCUT2D eigenvalue weighted by molar-refractivity contribution is -0.123. The Kier molecular flexibility index (Phi) is 7.85. The third kappa shape index (κ3) is 5.65. The van der Waals surface area contributed by atoms with Crippen LogP contribution in [0.1, 0.15) is 5.56 Å². The molecule has 168 valence electrons. The van der Waals surface area contributed by atoms with E-state index in [0.29, 0.717) is 17.0 Å². The van der Waals surface area contributed by atoms with Gasteiger partial charge in [-0.3, -0.25) is 19.3 Å². The molecule has 0 aromatic heterocycles. The Hall–Kier alpha value is -3.37. The van der Waals surface area contributed by atoms with E-state index in [2.05, 4.69) is 5.32 Å². The van der Waals surface area contributed by atoms with E-state index >= 15 is 0 Å². The molecule has 0 atom stereocenters. The molecule has 1 fully saturated rings. The predicted octanol–water partition coefficient (Wildman–Crippen LogP) is 3.53. The summed E-state index contributed by atoms with van der Waals surface area (Å²) < 4.78 is 29.0. The van der Waals surface area contributed by atoms with Crippen LogP contribution in [0.3, 0.4) is 0 Å². The second-order valence-corrected chi connectivity index (χ2v) is 7.54. The maximum absolute atomic E-state index is 13.0. The molecule has 3 rings (SSSR count). The van der Waals surface area contributed by atoms with Crippen LogP contribution in [0.25, 0.3) is 6.08 Å². The van der Waals surface area contributed by atoms with Crippen molar-refractivity contribution in [3.05, 3.63) is 58.8 Å². The summed E-state index contributed by atoms with van der Waals surface area (Å²) in [6, 6.07) is 10.4. The molecule has 0 radical (unpaired) electrons. The summed E-state index contributed by atoms with van der Waals surface area (Å²) in [5, 5.41) is 2.21. The molecule has 2 aromatic rings. The van der Waals surface area contributed by atoms with Gasteiger partial charge in [0.25, 0.3) is 17.1 Å². The Morgan fingerprint density at radius 1 is 1.16 bits per heavy atom. The van der Waals surface area contributed by atoms with Gasteiger partial charge in [0.1, 0.15) is 5.82 Å². The standard InChI is InChI=1S/C22H21FN2O6S/c1-29-11-10-25-21(27)18(32-22(25)28)12-14-4-3-5-17(30-2)20(14)31-13-19(26)24-16-8-6-15(23)7-9-16/h3-9,12H,10-11,13H2,1-2H3,(H,24,26)/b18-12+. The number of ether oxygens (including phenoxy) is 3. The quantitative estimate of drug-likeness (QED) is 0.572. The molecule has 0 saturated carbocycles. The fourth-order valence-electron chi connectivity index (χ4n) is 2.85. The van der Waals surface area contributed by atoms with Crippen LogP contribution in [0.2, 0.25) is 0 Å². The van der Waals surface area contributed by atoms with Crippen LogP contribution < -0.4 is 14.8 Å². The van der Waals surface area contributed by atoms with Gasteiger partial charge in [-0.1, -0.05) is 12.1 Å². The Morgan fingerprint density at radius 3 is 2.59 bits per heavy atom. The van der Waals surface area contributed by atoms with E-state index in [1.54, 1.807) is 18.2 Å². The molecule has 0 unspecified atom stereocenters. The SMILES string of the molecule is COCCN1C(=O)S/C(=C/c2cccc(OC)c2OCC(=O)Nc2ccc(F)cc2)C1=O. The van der Waals surface area contributed by atoms with Crippen molar-refractivity contribution in [2.75, 3.05) is 39.3 Å². The van der Waals surface area contributed by atoms with E-state index in [0.717, 1.165) is 16.7 Å². The second kappa shape index (κ2) is 10.8. The van der Waals surface area contributed by atoms with Gasteiger partial charge in [-0.15, -0.1) is 0 Å². The van der Waals surface area contributed by atoms with Crippen molar-refractivity contribution in [2.45, 2.75) is 0 Å². The zero-order chi connectivity index (χ0) is 23.1. The Labute approximate surface area is 188 Å². The minimum atomic E-state index is -0.464. The first-order chi connectivity index (χ1) is 15.4. The van der Waals surface area contributed by atoms with Gasteiger partial charge in [0.05, 0.1) is 25.2 Å². The van der Waals surface area contributed by atoms with Crippen molar-refractivity contribution in [3.8, 4) is 11.5 Å². The summed E-state index contributed by atoms with van der Waals surface area (Å²) in [5.74, 6) is -0.710. The van der Waals surface area contributed by atoms with Gasteiger partial charge in [-0.25, -0.2) is 4.39 Å². The highest BCUT2D eigenvalue weighted by Crippen LogP contribution is 2.37. The molecule has 0 bridgehead atoms. The molecule has 2 aromatic carbocycles. The maximum atomic E-state index is 13.0. The summed E-state index contributed by atoms with van der Waals surface area (Å²) in [5.41, 5.74) is 0.890. The van der Waals surface area contributed by atoms with Crippen LogP contribution in [0, 0.1) is 5.82 Å². The maximum Gasteiger partial charge on any atom is 0.293 e. The number of anilines is 1. The van der Waals surface area contributed by atoms with Crippen molar-refractivity contribution in [1.29, 1.82) is 0 Å². The molecule has 3 amide bonds.